The summed E-state index contributed by atoms with van der Waals surface area (Å²) < 4.78 is 43.7. The molecule has 7 heteroatoms. The molecule has 31 heavy (non-hydrogen) atoms. The van der Waals surface area contributed by atoms with E-state index in [0.29, 0.717) is 31.1 Å². The van der Waals surface area contributed by atoms with E-state index in [2.05, 4.69) is 6.92 Å². The molecule has 0 aromatic heterocycles. The average molecular weight is 443 g/mol. The Hall–Kier alpha value is -1.24. The average Bonchev–Trinajstić information content (AvgIpc) is 2.70. The van der Waals surface area contributed by atoms with Gasteiger partial charge in [-0.2, -0.15) is 0 Å². The molecule has 0 amide bonds. The van der Waals surface area contributed by atoms with Crippen molar-refractivity contribution in [2.75, 3.05) is 13.2 Å². The summed E-state index contributed by atoms with van der Waals surface area (Å²) in [5.41, 5.74) is -1.67. The molecule has 2 atom stereocenters. The molecule has 0 spiro atoms. The van der Waals surface area contributed by atoms with Gasteiger partial charge in [0.1, 0.15) is 12.2 Å². The lowest BCUT2D eigenvalue weighted by Crippen LogP contribution is -2.60. The van der Waals surface area contributed by atoms with Crippen LogP contribution in [-0.2, 0) is 23.8 Å². The molecule has 0 N–H and O–H groups in total. The van der Waals surface area contributed by atoms with E-state index in [1.54, 1.807) is 0 Å². The van der Waals surface area contributed by atoms with Crippen molar-refractivity contribution in [1.29, 1.82) is 0 Å². The standard InChI is InChI=1S/C24H36F2O5/c1-3-23(7-5-4-6-8-23)31-19(27)14-30-24-12-17-9-18(13-24)11-22(10-17,15-24)20(28)29-16-21(2,25)26/h17-18H,3-16H2,1-2H3. The molecule has 5 nitrogen and oxygen atoms in total. The first-order valence-electron chi connectivity index (χ1n) is 12.0. The fourth-order valence-electron chi connectivity index (χ4n) is 7.14. The number of ether oxygens (including phenoxy) is 3. The van der Waals surface area contributed by atoms with Gasteiger partial charge in [-0.15, -0.1) is 0 Å². The first-order chi connectivity index (χ1) is 14.6. The molecule has 0 radical (unpaired) electrons. The van der Waals surface area contributed by atoms with E-state index in [-0.39, 0.29) is 18.2 Å². The van der Waals surface area contributed by atoms with Crippen molar-refractivity contribution in [2.24, 2.45) is 17.3 Å². The molecule has 0 heterocycles. The Kier molecular flexibility index (Phi) is 6.12. The number of rotatable bonds is 8. The van der Waals surface area contributed by atoms with E-state index in [4.69, 9.17) is 14.2 Å². The maximum Gasteiger partial charge on any atom is 0.332 e. The van der Waals surface area contributed by atoms with Crippen molar-refractivity contribution < 1.29 is 32.6 Å². The Labute approximate surface area is 183 Å². The van der Waals surface area contributed by atoms with Crippen LogP contribution in [0, 0.1) is 17.3 Å². The molecule has 4 bridgehead atoms. The summed E-state index contributed by atoms with van der Waals surface area (Å²) in [6.45, 7) is 1.82. The monoisotopic (exact) mass is 442 g/mol. The number of carbonyl (C=O) groups excluding carboxylic acids is 2. The summed E-state index contributed by atoms with van der Waals surface area (Å²) in [5.74, 6) is -3.27. The Morgan fingerprint density at radius 1 is 1.03 bits per heavy atom. The van der Waals surface area contributed by atoms with Crippen LogP contribution in [0.15, 0.2) is 0 Å². The first kappa shape index (κ1) is 22.9. The molecule has 5 rings (SSSR count). The number of alkyl halides is 2. The van der Waals surface area contributed by atoms with Crippen molar-refractivity contribution in [3.05, 3.63) is 0 Å². The van der Waals surface area contributed by atoms with Gasteiger partial charge in [0.2, 0.25) is 0 Å². The van der Waals surface area contributed by atoms with Crippen molar-refractivity contribution in [3.8, 4) is 0 Å². The Morgan fingerprint density at radius 2 is 1.68 bits per heavy atom. The van der Waals surface area contributed by atoms with Gasteiger partial charge in [0.25, 0.3) is 5.92 Å². The second-order valence-electron chi connectivity index (χ2n) is 10.9. The number of halogens is 2. The topological polar surface area (TPSA) is 61.8 Å². The Morgan fingerprint density at radius 3 is 2.26 bits per heavy atom. The van der Waals surface area contributed by atoms with Crippen LogP contribution in [0.1, 0.15) is 90.9 Å². The molecule has 0 aliphatic heterocycles. The van der Waals surface area contributed by atoms with Gasteiger partial charge in [-0.3, -0.25) is 4.79 Å². The van der Waals surface area contributed by atoms with Crippen LogP contribution in [-0.4, -0.2) is 42.3 Å². The van der Waals surface area contributed by atoms with Crippen molar-refractivity contribution in [3.63, 3.8) is 0 Å². The molecule has 0 aromatic carbocycles. The van der Waals surface area contributed by atoms with Crippen LogP contribution in [0.2, 0.25) is 0 Å². The van der Waals surface area contributed by atoms with E-state index < -0.39 is 29.5 Å². The van der Waals surface area contributed by atoms with Crippen molar-refractivity contribution in [2.45, 2.75) is 108 Å². The predicted octanol–water partition coefficient (Wildman–Crippen LogP) is 5.20. The second kappa shape index (κ2) is 8.27. The van der Waals surface area contributed by atoms with Crippen molar-refractivity contribution >= 4 is 11.9 Å². The molecule has 176 valence electrons. The molecular formula is C24H36F2O5. The highest BCUT2D eigenvalue weighted by atomic mass is 19.3. The molecule has 0 aromatic rings. The van der Waals surface area contributed by atoms with Gasteiger partial charge in [0, 0.05) is 6.92 Å². The zero-order chi connectivity index (χ0) is 22.3. The molecule has 5 saturated carbocycles. The van der Waals surface area contributed by atoms with Crippen molar-refractivity contribution in [1.82, 2.24) is 0 Å². The molecule has 2 unspecified atom stereocenters. The van der Waals surface area contributed by atoms with Gasteiger partial charge in [-0.25, -0.2) is 13.6 Å². The van der Waals surface area contributed by atoms with E-state index in [1.807, 2.05) is 0 Å². The lowest BCUT2D eigenvalue weighted by atomic mass is 9.48. The van der Waals surface area contributed by atoms with Crippen LogP contribution in [0.4, 0.5) is 8.78 Å². The minimum absolute atomic E-state index is 0.112. The lowest BCUT2D eigenvalue weighted by Gasteiger charge is -2.60. The van der Waals surface area contributed by atoms with Gasteiger partial charge in [-0.1, -0.05) is 13.3 Å². The van der Waals surface area contributed by atoms with Gasteiger partial charge in [0.15, 0.2) is 6.61 Å². The SMILES string of the molecule is CCC1(OC(=O)COC23CC4CC(C2)CC(C(=O)OCC(C)(F)F)(C4)C3)CCCCC1. The number of hydrogen-bond donors (Lipinski definition) is 0. The molecule has 5 fully saturated rings. The summed E-state index contributed by atoms with van der Waals surface area (Å²) >= 11 is 0. The zero-order valence-corrected chi connectivity index (χ0v) is 18.9. The summed E-state index contributed by atoms with van der Waals surface area (Å²) in [7, 11) is 0. The summed E-state index contributed by atoms with van der Waals surface area (Å²) in [4.78, 5) is 25.5. The molecule has 0 saturated heterocycles. The fourth-order valence-corrected chi connectivity index (χ4v) is 7.14. The van der Waals surface area contributed by atoms with Crippen LogP contribution in [0.25, 0.3) is 0 Å². The lowest BCUT2D eigenvalue weighted by molar-refractivity contribution is -0.219. The second-order valence-corrected chi connectivity index (χ2v) is 10.9. The van der Waals surface area contributed by atoms with Gasteiger partial charge in [0.05, 0.1) is 11.0 Å². The third-order valence-corrected chi connectivity index (χ3v) is 8.13. The highest BCUT2D eigenvalue weighted by molar-refractivity contribution is 5.78. The van der Waals surface area contributed by atoms with Gasteiger partial charge >= 0.3 is 11.9 Å². The maximum absolute atomic E-state index is 13.2. The Bertz CT molecular complexity index is 681. The number of hydrogen-bond acceptors (Lipinski definition) is 5. The normalized spacial score (nSPS) is 36.3. The summed E-state index contributed by atoms with van der Waals surface area (Å²) in [5, 5.41) is 0. The number of carbonyl (C=O) groups is 2. The fraction of sp³-hybridized carbons (Fsp3) is 0.917. The third-order valence-electron chi connectivity index (χ3n) is 8.13. The predicted molar refractivity (Wildman–Crippen MR) is 110 cm³/mol. The van der Waals surface area contributed by atoms with Gasteiger partial charge in [-0.05, 0) is 82.5 Å². The van der Waals surface area contributed by atoms with Crippen LogP contribution < -0.4 is 0 Å². The highest BCUT2D eigenvalue weighted by Gasteiger charge is 2.62. The summed E-state index contributed by atoms with van der Waals surface area (Å²) in [6, 6.07) is 0. The van der Waals surface area contributed by atoms with Crippen LogP contribution >= 0.6 is 0 Å². The van der Waals surface area contributed by atoms with Crippen LogP contribution in [0.5, 0.6) is 0 Å². The van der Waals surface area contributed by atoms with Gasteiger partial charge < -0.3 is 14.2 Å². The molecule has 5 aliphatic carbocycles. The third kappa shape index (κ3) is 4.91. The molecule has 5 aliphatic rings. The number of esters is 2. The largest absolute Gasteiger partial charge is 0.459 e. The minimum Gasteiger partial charge on any atom is -0.459 e. The Balaban J connectivity index is 1.39. The smallest absolute Gasteiger partial charge is 0.332 e. The van der Waals surface area contributed by atoms with Crippen LogP contribution in [0.3, 0.4) is 0 Å². The quantitative estimate of drug-likeness (QED) is 0.484. The summed E-state index contributed by atoms with van der Waals surface area (Å²) in [6.07, 6.45) is 10.4. The van der Waals surface area contributed by atoms with E-state index in [1.165, 1.54) is 6.42 Å². The molecular weight excluding hydrogens is 406 g/mol. The minimum atomic E-state index is -3.04. The zero-order valence-electron chi connectivity index (χ0n) is 18.9. The van der Waals surface area contributed by atoms with E-state index in [9.17, 15) is 18.4 Å². The highest BCUT2D eigenvalue weighted by Crippen LogP contribution is 2.63. The van der Waals surface area contributed by atoms with E-state index >= 15 is 0 Å². The maximum atomic E-state index is 13.2. The van der Waals surface area contributed by atoms with E-state index in [0.717, 1.165) is 58.3 Å². The first-order valence-corrected chi connectivity index (χ1v) is 12.0.